The second-order valence-electron chi connectivity index (χ2n) is 11.6. The van der Waals surface area contributed by atoms with Crippen molar-refractivity contribution in [3.63, 3.8) is 0 Å². The third-order valence-electron chi connectivity index (χ3n) is 8.39. The maximum atomic E-state index is 15.2. The van der Waals surface area contributed by atoms with Gasteiger partial charge in [-0.05, 0) is 25.0 Å². The molecule has 1 saturated heterocycles. The predicted molar refractivity (Wildman–Crippen MR) is 166 cm³/mol. The highest BCUT2D eigenvalue weighted by Gasteiger charge is 2.36. The van der Waals surface area contributed by atoms with Crippen LogP contribution < -0.4 is 10.5 Å². The zero-order valence-corrected chi connectivity index (χ0v) is 26.0. The van der Waals surface area contributed by atoms with Gasteiger partial charge in [0.2, 0.25) is 17.5 Å². The van der Waals surface area contributed by atoms with Crippen LogP contribution in [0.3, 0.4) is 0 Å². The molecule has 2 aliphatic heterocycles. The van der Waals surface area contributed by atoms with Crippen LogP contribution in [0.1, 0.15) is 39.3 Å². The third kappa shape index (κ3) is 5.10. The van der Waals surface area contributed by atoms with Crippen molar-refractivity contribution in [1.82, 2.24) is 14.5 Å². The van der Waals surface area contributed by atoms with Crippen molar-refractivity contribution in [2.24, 2.45) is 16.8 Å². The van der Waals surface area contributed by atoms with Gasteiger partial charge in [-0.15, -0.1) is 0 Å². The lowest BCUT2D eigenvalue weighted by Crippen LogP contribution is -2.54. The molecular weight excluding hydrogens is 628 g/mol. The third-order valence-corrected chi connectivity index (χ3v) is 8.67. The van der Waals surface area contributed by atoms with Crippen LogP contribution >= 0.6 is 11.6 Å². The van der Waals surface area contributed by atoms with Crippen LogP contribution in [0.5, 0.6) is 5.75 Å². The van der Waals surface area contributed by atoms with Gasteiger partial charge in [-0.3, -0.25) is 19.1 Å². The van der Waals surface area contributed by atoms with E-state index in [1.54, 1.807) is 29.0 Å². The first-order valence-corrected chi connectivity index (χ1v) is 14.8. The number of phenolic OH excluding ortho intramolecular Hbond substituents is 1. The maximum Gasteiger partial charge on any atom is 0.272 e. The molecule has 9 nitrogen and oxygen atoms in total. The number of pyridine rings is 2. The highest BCUT2D eigenvalue weighted by molar-refractivity contribution is 6.34. The summed E-state index contributed by atoms with van der Waals surface area (Å²) in [4.78, 5) is 39.1. The Morgan fingerprint density at radius 1 is 1.17 bits per heavy atom. The Bertz CT molecular complexity index is 1940. The van der Waals surface area contributed by atoms with Crippen molar-refractivity contribution in [3.8, 4) is 23.1 Å². The lowest BCUT2D eigenvalue weighted by molar-refractivity contribution is -0.128. The first kappa shape index (κ1) is 32.7. The largest absolute Gasteiger partial charge is 0.504 e. The molecule has 0 bridgehead atoms. The van der Waals surface area contributed by atoms with Crippen molar-refractivity contribution in [2.45, 2.75) is 39.8 Å². The minimum Gasteiger partial charge on any atom is -0.504 e. The van der Waals surface area contributed by atoms with E-state index in [-0.39, 0.29) is 65.7 Å². The zero-order valence-electron chi connectivity index (χ0n) is 25.3. The molecule has 5 rings (SSSR count). The minimum atomic E-state index is -2.22. The number of aromatic hydroxyl groups is 1. The first-order valence-electron chi connectivity index (χ1n) is 14.4. The molecule has 2 aromatic heterocycles. The summed E-state index contributed by atoms with van der Waals surface area (Å²) in [7, 11) is 0. The summed E-state index contributed by atoms with van der Waals surface area (Å²) in [6.07, 6.45) is 4.54. The molecule has 46 heavy (non-hydrogen) atoms. The number of hydrogen-bond donors (Lipinski definition) is 1. The monoisotopic (exact) mass is 656 g/mol. The number of fused-ring (bicyclic) bond motifs is 1. The number of benzene rings is 1. The van der Waals surface area contributed by atoms with Gasteiger partial charge in [-0.1, -0.05) is 45.0 Å². The second kappa shape index (κ2) is 12.2. The summed E-state index contributed by atoms with van der Waals surface area (Å²) in [5.74, 6) is -10.8. The molecule has 1 fully saturated rings. The first-order chi connectivity index (χ1) is 21.7. The minimum absolute atomic E-state index is 0.139. The molecule has 0 spiro atoms. The Hall–Kier alpha value is -4.70. The van der Waals surface area contributed by atoms with Crippen LogP contribution in [0, 0.1) is 46.4 Å². The number of nitriles is 1. The summed E-state index contributed by atoms with van der Waals surface area (Å²) in [6.45, 7) is 11.5. The molecule has 0 radical (unpaired) electrons. The van der Waals surface area contributed by atoms with Gasteiger partial charge in [-0.2, -0.15) is 9.65 Å². The normalized spacial score (nSPS) is 19.8. The molecule has 240 valence electrons. The van der Waals surface area contributed by atoms with Gasteiger partial charge in [0.25, 0.3) is 5.56 Å². The van der Waals surface area contributed by atoms with Crippen molar-refractivity contribution in [2.75, 3.05) is 24.5 Å². The van der Waals surface area contributed by atoms with Gasteiger partial charge in [0, 0.05) is 48.9 Å². The second-order valence-corrected chi connectivity index (χ2v) is 12.0. The quantitative estimate of drug-likeness (QED) is 0.159. The number of hydrogen-bond acceptors (Lipinski definition) is 7. The molecule has 14 heteroatoms. The molecule has 4 heterocycles. The molecule has 3 aromatic rings. The zero-order chi connectivity index (χ0) is 33.8. The average molecular weight is 657 g/mol. The molecule has 1 N–H and O–H groups in total. The smallest absolute Gasteiger partial charge is 0.272 e. The van der Waals surface area contributed by atoms with Crippen LogP contribution in [-0.2, 0) is 4.79 Å². The Kier molecular flexibility index (Phi) is 8.70. The lowest BCUT2D eigenvalue weighted by Gasteiger charge is -2.41. The topological polar surface area (TPSA) is 115 Å². The Labute approximate surface area is 266 Å². The van der Waals surface area contributed by atoms with Crippen LogP contribution in [0.4, 0.5) is 23.2 Å². The SMILES string of the molecule is C=CC(=O)N1CCN(c2c(C#N)c(=O)n(C3C(C(C)C)=NC=CC3C)c3nc(-c4c(O)c(F)c(F)c(F)c4F)c(Cl)cc23)C[C@H]1C. The number of aromatic nitrogens is 2. The number of phenols is 1. The van der Waals surface area contributed by atoms with E-state index in [2.05, 4.69) is 16.6 Å². The Balaban J connectivity index is 1.89. The number of aliphatic imine (C=N–C) groups is 1. The Morgan fingerprint density at radius 3 is 2.46 bits per heavy atom. The average Bonchev–Trinajstić information content (AvgIpc) is 3.02. The Morgan fingerprint density at radius 2 is 1.85 bits per heavy atom. The van der Waals surface area contributed by atoms with Crippen LogP contribution in [0.2, 0.25) is 5.02 Å². The molecule has 1 amide bonds. The van der Waals surface area contributed by atoms with Crippen LogP contribution in [-0.4, -0.2) is 56.9 Å². The van der Waals surface area contributed by atoms with Gasteiger partial charge in [0.15, 0.2) is 17.4 Å². The fourth-order valence-electron chi connectivity index (χ4n) is 6.17. The van der Waals surface area contributed by atoms with Crippen LogP contribution in [0.15, 0.2) is 40.8 Å². The highest BCUT2D eigenvalue weighted by Crippen LogP contribution is 2.43. The number of halogens is 5. The molecular formula is C32H29ClF4N6O3. The lowest BCUT2D eigenvalue weighted by atomic mass is 9.88. The van der Waals surface area contributed by atoms with Gasteiger partial charge in [0.05, 0.1) is 28.0 Å². The number of nitrogens with zero attached hydrogens (tertiary/aromatic N) is 6. The fraction of sp³-hybridized carbons (Fsp3) is 0.344. The molecule has 0 saturated carbocycles. The van der Waals surface area contributed by atoms with E-state index in [4.69, 9.17) is 11.6 Å². The number of carbonyl (C=O) groups is 1. The predicted octanol–water partition coefficient (Wildman–Crippen LogP) is 5.88. The fourth-order valence-corrected chi connectivity index (χ4v) is 6.41. The van der Waals surface area contributed by atoms with E-state index in [1.807, 2.05) is 26.8 Å². The standard InChI is InChI=1S/C32H29ClF4N6O3/c1-6-20(44)42-10-9-41(13-16(42)5)29-17-11-19(33)27(21-22(34)23(35)24(36)25(37)30(21)45)40-31(17)43(32(46)18(29)12-38)28-15(4)7-8-39-26(28)14(2)3/h6-8,11,14-16,28,45H,1,9-10,13H2,2-5H3/t15?,16-,28?/m1/s1. The molecule has 2 aliphatic rings. The van der Waals surface area contributed by atoms with E-state index in [0.29, 0.717) is 5.71 Å². The molecule has 0 aliphatic carbocycles. The number of amides is 1. The van der Waals surface area contributed by atoms with E-state index in [1.165, 1.54) is 16.7 Å². The number of allylic oxidation sites excluding steroid dienone is 1. The summed E-state index contributed by atoms with van der Waals surface area (Å²) < 4.78 is 59.3. The van der Waals surface area contributed by atoms with E-state index in [9.17, 15) is 33.1 Å². The highest BCUT2D eigenvalue weighted by atomic mass is 35.5. The molecule has 2 unspecified atom stereocenters. The van der Waals surface area contributed by atoms with Crippen LogP contribution in [0.25, 0.3) is 22.3 Å². The van der Waals surface area contributed by atoms with Crippen molar-refractivity contribution in [3.05, 3.63) is 75.2 Å². The van der Waals surface area contributed by atoms with Gasteiger partial charge >= 0.3 is 0 Å². The van der Waals surface area contributed by atoms with Gasteiger partial charge in [0.1, 0.15) is 17.3 Å². The number of carbonyl (C=O) groups excluding carboxylic acids is 1. The summed E-state index contributed by atoms with van der Waals surface area (Å²) >= 11 is 6.56. The van der Waals surface area contributed by atoms with Crippen molar-refractivity contribution < 1.29 is 27.5 Å². The molecule has 3 atom stereocenters. The number of anilines is 1. The van der Waals surface area contributed by atoms with Gasteiger partial charge in [-0.25, -0.2) is 18.2 Å². The maximum absolute atomic E-state index is 15.2. The number of rotatable bonds is 5. The van der Waals surface area contributed by atoms with E-state index >= 15 is 4.39 Å². The van der Waals surface area contributed by atoms with E-state index in [0.717, 1.165) is 0 Å². The summed E-state index contributed by atoms with van der Waals surface area (Å²) in [5, 5.41) is 20.6. The molecule has 1 aromatic carbocycles. The van der Waals surface area contributed by atoms with E-state index < -0.39 is 56.9 Å². The van der Waals surface area contributed by atoms with Crippen molar-refractivity contribution >= 4 is 39.9 Å². The number of piperazine rings is 1. The van der Waals surface area contributed by atoms with Crippen molar-refractivity contribution in [1.29, 1.82) is 5.26 Å². The summed E-state index contributed by atoms with van der Waals surface area (Å²) in [5.41, 5.74) is -2.29. The van der Waals surface area contributed by atoms with Gasteiger partial charge < -0.3 is 14.9 Å². The summed E-state index contributed by atoms with van der Waals surface area (Å²) in [6, 6.07) is 2.10.